The number of nitrogens with one attached hydrogen (secondary N) is 1. The Morgan fingerprint density at radius 2 is 1.89 bits per heavy atom. The van der Waals surface area contributed by atoms with Crippen LogP contribution in [0.5, 0.6) is 5.75 Å². The third-order valence-corrected chi connectivity index (χ3v) is 6.14. The number of hydrogen-bond acceptors (Lipinski definition) is 5. The fourth-order valence-electron chi connectivity index (χ4n) is 4.41. The molecule has 4 aromatic rings. The van der Waals surface area contributed by atoms with E-state index in [9.17, 15) is 9.18 Å². The lowest BCUT2D eigenvalue weighted by atomic mass is 9.96. The van der Waals surface area contributed by atoms with Gasteiger partial charge in [-0.15, -0.1) is 0 Å². The summed E-state index contributed by atoms with van der Waals surface area (Å²) >= 11 is 0. The maximum atomic E-state index is 15.5. The molecule has 0 radical (unpaired) electrons. The molecule has 1 aliphatic rings. The Labute approximate surface area is 212 Å². The van der Waals surface area contributed by atoms with Crippen LogP contribution in [0.4, 0.5) is 14.5 Å². The van der Waals surface area contributed by atoms with Crippen LogP contribution < -0.4 is 10.1 Å². The average molecular weight is 502 g/mol. The molecule has 37 heavy (non-hydrogen) atoms. The number of nitrogens with zero attached hydrogens (tertiary/aromatic N) is 2. The molecule has 1 aromatic heterocycles. The average Bonchev–Trinajstić information content (AvgIpc) is 3.72. The van der Waals surface area contributed by atoms with Crippen molar-refractivity contribution in [3.05, 3.63) is 77.9 Å². The van der Waals surface area contributed by atoms with Crippen LogP contribution in [0.15, 0.2) is 65.7 Å². The minimum Gasteiger partial charge on any atom is -0.493 e. The van der Waals surface area contributed by atoms with E-state index in [2.05, 4.69) is 10.3 Å². The summed E-state index contributed by atoms with van der Waals surface area (Å²) in [6, 6.07) is 16.6. The summed E-state index contributed by atoms with van der Waals surface area (Å²) in [7, 11) is 0. The van der Waals surface area contributed by atoms with Gasteiger partial charge in [0, 0.05) is 40.6 Å². The smallest absolute Gasteiger partial charge is 0.303 e. The van der Waals surface area contributed by atoms with Gasteiger partial charge >= 0.3 is 5.97 Å². The lowest BCUT2D eigenvalue weighted by Crippen LogP contribution is -2.10. The molecule has 0 atom stereocenters. The number of pyridine rings is 1. The van der Waals surface area contributed by atoms with E-state index >= 15 is 4.39 Å². The summed E-state index contributed by atoms with van der Waals surface area (Å²) in [5, 5.41) is 12.8. The van der Waals surface area contributed by atoms with E-state index in [0.29, 0.717) is 76.4 Å². The van der Waals surface area contributed by atoms with Gasteiger partial charge in [0.2, 0.25) is 0 Å². The Morgan fingerprint density at radius 1 is 1.08 bits per heavy atom. The first-order valence-electron chi connectivity index (χ1n) is 12.1. The molecule has 5 rings (SSSR count). The molecule has 0 bridgehead atoms. The number of ether oxygens (including phenoxy) is 1. The largest absolute Gasteiger partial charge is 0.493 e. The minimum absolute atomic E-state index is 0.00338. The van der Waals surface area contributed by atoms with Crippen LogP contribution in [0.3, 0.4) is 0 Å². The van der Waals surface area contributed by atoms with Crippen molar-refractivity contribution in [3.8, 4) is 28.1 Å². The van der Waals surface area contributed by atoms with Crippen molar-refractivity contribution in [2.24, 2.45) is 4.99 Å². The third-order valence-electron chi connectivity index (χ3n) is 6.14. The molecule has 0 saturated carbocycles. The number of fused-ring (bicyclic) bond motifs is 1. The molecule has 8 heteroatoms. The lowest BCUT2D eigenvalue weighted by Gasteiger charge is -2.18. The van der Waals surface area contributed by atoms with E-state index in [4.69, 9.17) is 14.8 Å². The van der Waals surface area contributed by atoms with Gasteiger partial charge in [0.05, 0.1) is 35.8 Å². The van der Waals surface area contributed by atoms with Crippen LogP contribution in [-0.4, -0.2) is 41.5 Å². The number of benzene rings is 3. The van der Waals surface area contributed by atoms with Crippen molar-refractivity contribution in [1.29, 1.82) is 0 Å². The summed E-state index contributed by atoms with van der Waals surface area (Å²) in [5.41, 5.74) is 4.76. The number of para-hydroxylation sites is 1. The molecule has 2 N–H and O–H groups in total. The van der Waals surface area contributed by atoms with Crippen LogP contribution in [0.25, 0.3) is 33.3 Å². The van der Waals surface area contributed by atoms with Crippen LogP contribution in [0.2, 0.25) is 0 Å². The van der Waals surface area contributed by atoms with E-state index in [0.717, 1.165) is 5.71 Å². The monoisotopic (exact) mass is 501 g/mol. The number of aliphatic carboxylic acids is 1. The fourth-order valence-corrected chi connectivity index (χ4v) is 4.41. The number of aliphatic imine (C=N–C) groups is 1. The molecule has 3 aromatic carbocycles. The Kier molecular flexibility index (Phi) is 6.81. The quantitative estimate of drug-likeness (QED) is 0.248. The second kappa shape index (κ2) is 10.3. The molecule has 0 aliphatic carbocycles. The Hall–Kier alpha value is -4.33. The van der Waals surface area contributed by atoms with Crippen LogP contribution in [0.1, 0.15) is 25.3 Å². The Bertz CT molecular complexity index is 1530. The van der Waals surface area contributed by atoms with Gasteiger partial charge in [-0.25, -0.2) is 13.8 Å². The van der Waals surface area contributed by atoms with Gasteiger partial charge in [0.25, 0.3) is 0 Å². The first-order valence-corrected chi connectivity index (χ1v) is 12.1. The fraction of sp³-hybridized carbons (Fsp3) is 0.207. The number of rotatable bonds is 10. The number of carbonyl (C=O) groups is 1. The van der Waals surface area contributed by atoms with Gasteiger partial charge in [-0.3, -0.25) is 9.79 Å². The third kappa shape index (κ3) is 5.14. The van der Waals surface area contributed by atoms with Crippen molar-refractivity contribution in [3.63, 3.8) is 0 Å². The van der Waals surface area contributed by atoms with Crippen LogP contribution >= 0.6 is 0 Å². The summed E-state index contributed by atoms with van der Waals surface area (Å²) < 4.78 is 35.4. The zero-order chi connectivity index (χ0) is 25.9. The summed E-state index contributed by atoms with van der Waals surface area (Å²) in [4.78, 5) is 20.1. The van der Waals surface area contributed by atoms with Gasteiger partial charge < -0.3 is 15.2 Å². The van der Waals surface area contributed by atoms with Crippen molar-refractivity contribution < 1.29 is 23.4 Å². The molecule has 0 unspecified atom stereocenters. The Balaban J connectivity index is 1.62. The Morgan fingerprint density at radius 3 is 2.62 bits per heavy atom. The van der Waals surface area contributed by atoms with Crippen molar-refractivity contribution in [2.45, 2.75) is 19.8 Å². The minimum atomic E-state index is -0.888. The van der Waals surface area contributed by atoms with E-state index in [1.54, 1.807) is 18.2 Å². The molecule has 0 spiro atoms. The van der Waals surface area contributed by atoms with Gasteiger partial charge in [0.1, 0.15) is 17.4 Å². The molecule has 0 saturated heterocycles. The molecule has 6 nitrogen and oxygen atoms in total. The standard InChI is InChI=1S/C29H25F2N3O3/c1-2-37-25-7-4-3-6-20(25)19-11-9-17(14-22(19)31)28-27(24-16-33-24)29(32-13-5-8-26(35)36)21-15-18(30)10-12-23(21)34-28/h3-4,6-7,9-12,14-15H,2,5,8,13,16H2,1H3,(H,32,34)(H,35,36). The number of anilines is 1. The van der Waals surface area contributed by atoms with E-state index in [-0.39, 0.29) is 6.42 Å². The van der Waals surface area contributed by atoms with Crippen LogP contribution in [0, 0.1) is 11.6 Å². The molecule has 1 aliphatic heterocycles. The zero-order valence-electron chi connectivity index (χ0n) is 20.2. The number of carboxylic acid groups (broad SMARTS) is 1. The highest BCUT2D eigenvalue weighted by Gasteiger charge is 2.26. The van der Waals surface area contributed by atoms with E-state index in [1.807, 2.05) is 31.2 Å². The number of hydrogen-bond donors (Lipinski definition) is 2. The second-order valence-corrected chi connectivity index (χ2v) is 8.68. The van der Waals surface area contributed by atoms with Crippen molar-refractivity contribution in [2.75, 3.05) is 25.0 Å². The van der Waals surface area contributed by atoms with Gasteiger partial charge in [0.15, 0.2) is 0 Å². The second-order valence-electron chi connectivity index (χ2n) is 8.68. The SMILES string of the molecule is CCOc1ccccc1-c1ccc(-c2nc3ccc(F)cc3c(NCCCC(=O)O)c2C2=NC2)cc1F. The zero-order valence-corrected chi connectivity index (χ0v) is 20.2. The predicted octanol–water partition coefficient (Wildman–Crippen LogP) is 6.33. The number of halogens is 2. The molecule has 2 heterocycles. The normalized spacial score (nSPS) is 12.4. The summed E-state index contributed by atoms with van der Waals surface area (Å²) in [6.45, 7) is 3.21. The lowest BCUT2D eigenvalue weighted by molar-refractivity contribution is -0.137. The molecule has 0 amide bonds. The molecular weight excluding hydrogens is 476 g/mol. The van der Waals surface area contributed by atoms with Gasteiger partial charge in [-0.1, -0.05) is 30.3 Å². The van der Waals surface area contributed by atoms with Crippen molar-refractivity contribution >= 4 is 28.3 Å². The molecule has 0 fully saturated rings. The van der Waals surface area contributed by atoms with Crippen LogP contribution in [-0.2, 0) is 4.79 Å². The predicted molar refractivity (Wildman–Crippen MR) is 140 cm³/mol. The maximum absolute atomic E-state index is 15.5. The highest BCUT2D eigenvalue weighted by Crippen LogP contribution is 2.39. The number of aromatic nitrogens is 1. The first kappa shape index (κ1) is 24.4. The summed E-state index contributed by atoms with van der Waals surface area (Å²) in [6.07, 6.45) is 0.391. The van der Waals surface area contributed by atoms with Gasteiger partial charge in [-0.2, -0.15) is 0 Å². The highest BCUT2D eigenvalue weighted by atomic mass is 19.1. The molecular formula is C29H25F2N3O3. The van der Waals surface area contributed by atoms with Crippen molar-refractivity contribution in [1.82, 2.24) is 4.98 Å². The maximum Gasteiger partial charge on any atom is 0.303 e. The highest BCUT2D eigenvalue weighted by molar-refractivity contribution is 6.20. The summed E-state index contributed by atoms with van der Waals surface area (Å²) in [5.74, 6) is -1.13. The van der Waals surface area contributed by atoms with E-state index < -0.39 is 17.6 Å². The topological polar surface area (TPSA) is 83.8 Å². The van der Waals surface area contributed by atoms with Gasteiger partial charge in [-0.05, 0) is 43.7 Å². The number of carboxylic acids is 1. The van der Waals surface area contributed by atoms with E-state index in [1.165, 1.54) is 18.2 Å². The molecule has 188 valence electrons. The first-order chi connectivity index (χ1) is 18.0.